The first-order valence-corrected chi connectivity index (χ1v) is 6.70. The second-order valence-electron chi connectivity index (χ2n) is 4.37. The lowest BCUT2D eigenvalue weighted by Crippen LogP contribution is -2.26. The molecule has 21 heavy (non-hydrogen) atoms. The van der Waals surface area contributed by atoms with Crippen molar-refractivity contribution in [2.45, 2.75) is 0 Å². The van der Waals surface area contributed by atoms with Crippen molar-refractivity contribution in [1.82, 2.24) is 4.98 Å². The third-order valence-corrected chi connectivity index (χ3v) is 3.39. The lowest BCUT2D eigenvalue weighted by Gasteiger charge is -2.19. The van der Waals surface area contributed by atoms with Crippen molar-refractivity contribution in [2.75, 3.05) is 31.4 Å². The van der Waals surface area contributed by atoms with E-state index in [1.54, 1.807) is 33.3 Å². The van der Waals surface area contributed by atoms with E-state index in [1.165, 1.54) is 11.1 Å². The van der Waals surface area contributed by atoms with Crippen LogP contribution in [-0.2, 0) is 0 Å². The van der Waals surface area contributed by atoms with E-state index < -0.39 is 0 Å². The number of carbonyl (C=O) groups excluding carboxylic acids is 1. The highest BCUT2D eigenvalue weighted by molar-refractivity contribution is 6.34. The number of halogens is 1. The summed E-state index contributed by atoms with van der Waals surface area (Å²) in [7, 11) is 5.00. The van der Waals surface area contributed by atoms with Crippen LogP contribution >= 0.6 is 11.6 Å². The van der Waals surface area contributed by atoms with Crippen LogP contribution in [0.25, 0.3) is 0 Å². The molecule has 0 atom stereocenters. The van der Waals surface area contributed by atoms with Gasteiger partial charge in [-0.2, -0.15) is 0 Å². The average molecular weight is 306 g/mol. The molecule has 0 aliphatic rings. The molecule has 0 saturated carbocycles. The van der Waals surface area contributed by atoms with Crippen molar-refractivity contribution in [1.29, 1.82) is 0 Å². The quantitative estimate of drug-likeness (QED) is 0.943. The maximum absolute atomic E-state index is 12.6. The first kappa shape index (κ1) is 15.1. The summed E-state index contributed by atoms with van der Waals surface area (Å²) in [6, 6.07) is 8.88. The van der Waals surface area contributed by atoms with Crippen molar-refractivity contribution >= 4 is 29.0 Å². The number of carbonyl (C=O) groups is 1. The van der Waals surface area contributed by atoms with Gasteiger partial charge in [0, 0.05) is 32.0 Å². The molecule has 1 amide bonds. The summed E-state index contributed by atoms with van der Waals surface area (Å²) in [6.45, 7) is 0. The summed E-state index contributed by atoms with van der Waals surface area (Å²) in [6.07, 6.45) is 1.46. The molecule has 0 bridgehead atoms. The number of benzene rings is 1. The van der Waals surface area contributed by atoms with Gasteiger partial charge >= 0.3 is 0 Å². The highest BCUT2D eigenvalue weighted by atomic mass is 35.5. The minimum atomic E-state index is -0.216. The Labute approximate surface area is 128 Å². The number of ether oxygens (including phenoxy) is 1. The summed E-state index contributed by atoms with van der Waals surface area (Å²) in [4.78, 5) is 18.2. The Bertz CT molecular complexity index is 661. The number of hydrogen-bond donors (Lipinski definition) is 1. The van der Waals surface area contributed by atoms with Crippen molar-refractivity contribution in [3.05, 3.63) is 47.1 Å². The number of amides is 1. The van der Waals surface area contributed by atoms with Gasteiger partial charge in [-0.15, -0.1) is 0 Å². The fourth-order valence-corrected chi connectivity index (χ4v) is 2.04. The number of nitrogens with zero attached hydrogens (tertiary/aromatic N) is 2. The van der Waals surface area contributed by atoms with Crippen molar-refractivity contribution in [3.8, 4) is 5.75 Å². The zero-order valence-electron chi connectivity index (χ0n) is 12.1. The van der Waals surface area contributed by atoms with Crippen LogP contribution in [0.1, 0.15) is 10.4 Å². The van der Waals surface area contributed by atoms with Gasteiger partial charge in [0.25, 0.3) is 5.91 Å². The van der Waals surface area contributed by atoms with Crippen molar-refractivity contribution < 1.29 is 9.53 Å². The molecular formula is C15H16ClN3O2. The summed E-state index contributed by atoms with van der Waals surface area (Å²) >= 11 is 6.08. The van der Waals surface area contributed by atoms with Crippen LogP contribution in [0, 0.1) is 0 Å². The fraction of sp³-hybridized carbons (Fsp3) is 0.200. The number of rotatable bonds is 4. The van der Waals surface area contributed by atoms with Crippen LogP contribution in [0.5, 0.6) is 5.75 Å². The third kappa shape index (κ3) is 3.25. The molecule has 0 aliphatic heterocycles. The van der Waals surface area contributed by atoms with Crippen LogP contribution in [0.2, 0.25) is 5.02 Å². The van der Waals surface area contributed by atoms with Crippen LogP contribution in [-0.4, -0.2) is 32.1 Å². The zero-order valence-corrected chi connectivity index (χ0v) is 12.8. The molecule has 0 saturated heterocycles. The minimum Gasteiger partial charge on any atom is -0.497 e. The monoisotopic (exact) mass is 305 g/mol. The number of hydrogen-bond acceptors (Lipinski definition) is 4. The Kier molecular flexibility index (Phi) is 4.65. The van der Waals surface area contributed by atoms with E-state index in [9.17, 15) is 4.79 Å². The van der Waals surface area contributed by atoms with Gasteiger partial charge in [-0.3, -0.25) is 4.79 Å². The van der Waals surface area contributed by atoms with Gasteiger partial charge in [0.1, 0.15) is 11.6 Å². The molecule has 0 aliphatic carbocycles. The Morgan fingerprint density at radius 1 is 1.38 bits per heavy atom. The number of methoxy groups -OCH3 is 1. The largest absolute Gasteiger partial charge is 0.497 e. The maximum atomic E-state index is 12.6. The highest BCUT2D eigenvalue weighted by Gasteiger charge is 2.18. The van der Waals surface area contributed by atoms with Crippen molar-refractivity contribution in [3.63, 3.8) is 0 Å². The molecule has 1 aromatic heterocycles. The number of pyridine rings is 1. The Morgan fingerprint density at radius 2 is 2.14 bits per heavy atom. The van der Waals surface area contributed by atoms with Crippen LogP contribution in [0.3, 0.4) is 0 Å². The number of nitrogens with one attached hydrogen (secondary N) is 1. The van der Waals surface area contributed by atoms with E-state index in [0.717, 1.165) is 5.69 Å². The molecule has 110 valence electrons. The van der Waals surface area contributed by atoms with Crippen LogP contribution in [0.15, 0.2) is 36.5 Å². The van der Waals surface area contributed by atoms with E-state index in [4.69, 9.17) is 16.3 Å². The van der Waals surface area contributed by atoms with E-state index in [0.29, 0.717) is 22.2 Å². The predicted octanol–water partition coefficient (Wildman–Crippen LogP) is 3.06. The second kappa shape index (κ2) is 6.45. The van der Waals surface area contributed by atoms with E-state index >= 15 is 0 Å². The first-order valence-electron chi connectivity index (χ1n) is 6.32. The van der Waals surface area contributed by atoms with Gasteiger partial charge in [-0.25, -0.2) is 4.98 Å². The minimum absolute atomic E-state index is 0.216. The van der Waals surface area contributed by atoms with E-state index in [2.05, 4.69) is 10.3 Å². The average Bonchev–Trinajstić information content (AvgIpc) is 2.54. The smallest absolute Gasteiger partial charge is 0.259 e. The molecular weight excluding hydrogens is 290 g/mol. The standard InChI is InChI=1S/C15H16ClN3O2/c1-17-14-8-12(13(16)9-18-14)15(20)19(2)10-5-4-6-11(7-10)21-3/h4-9H,1-3H3,(H,17,18). The van der Waals surface area contributed by atoms with Gasteiger partial charge < -0.3 is 15.0 Å². The molecule has 5 nitrogen and oxygen atoms in total. The summed E-state index contributed by atoms with van der Waals surface area (Å²) in [5.41, 5.74) is 1.11. The van der Waals surface area contributed by atoms with Gasteiger partial charge in [0.15, 0.2) is 0 Å². The molecule has 6 heteroatoms. The van der Waals surface area contributed by atoms with Gasteiger partial charge in [0.05, 0.1) is 17.7 Å². The van der Waals surface area contributed by atoms with Crippen LogP contribution < -0.4 is 15.0 Å². The van der Waals surface area contributed by atoms with Crippen LogP contribution in [0.4, 0.5) is 11.5 Å². The molecule has 0 radical (unpaired) electrons. The van der Waals surface area contributed by atoms with Crippen molar-refractivity contribution in [2.24, 2.45) is 0 Å². The third-order valence-electron chi connectivity index (χ3n) is 3.09. The second-order valence-corrected chi connectivity index (χ2v) is 4.77. The summed E-state index contributed by atoms with van der Waals surface area (Å²) < 4.78 is 5.17. The maximum Gasteiger partial charge on any atom is 0.259 e. The first-order chi connectivity index (χ1) is 10.1. The Balaban J connectivity index is 2.34. The SMILES string of the molecule is CNc1cc(C(=O)N(C)c2cccc(OC)c2)c(Cl)cn1. The Hall–Kier alpha value is -2.27. The molecule has 0 fully saturated rings. The predicted molar refractivity (Wildman–Crippen MR) is 84.5 cm³/mol. The molecule has 0 unspecified atom stereocenters. The molecule has 1 N–H and O–H groups in total. The van der Waals surface area contributed by atoms with Gasteiger partial charge in [-0.05, 0) is 18.2 Å². The molecule has 0 spiro atoms. The van der Waals surface area contributed by atoms with Gasteiger partial charge in [0.2, 0.25) is 0 Å². The highest BCUT2D eigenvalue weighted by Crippen LogP contribution is 2.24. The summed E-state index contributed by atoms with van der Waals surface area (Å²) in [5.74, 6) is 1.05. The Morgan fingerprint density at radius 3 is 2.81 bits per heavy atom. The van der Waals surface area contributed by atoms with E-state index in [-0.39, 0.29) is 5.91 Å². The van der Waals surface area contributed by atoms with Gasteiger partial charge in [-0.1, -0.05) is 17.7 Å². The lowest BCUT2D eigenvalue weighted by atomic mass is 10.2. The molecule has 2 aromatic rings. The summed E-state index contributed by atoms with van der Waals surface area (Å²) in [5, 5.41) is 3.20. The number of anilines is 2. The molecule has 1 heterocycles. The molecule has 1 aromatic carbocycles. The topological polar surface area (TPSA) is 54.5 Å². The molecule has 2 rings (SSSR count). The van der Waals surface area contributed by atoms with E-state index in [1.807, 2.05) is 18.2 Å². The lowest BCUT2D eigenvalue weighted by molar-refractivity contribution is 0.0993. The normalized spacial score (nSPS) is 10.1. The number of aromatic nitrogens is 1. The zero-order chi connectivity index (χ0) is 15.4. The fourth-order valence-electron chi connectivity index (χ4n) is 1.86.